The van der Waals surface area contributed by atoms with Crippen molar-refractivity contribution in [3.63, 3.8) is 0 Å². The molecule has 0 fully saturated rings. The first kappa shape index (κ1) is 21.5. The number of benzene rings is 3. The monoisotopic (exact) mass is 415 g/mol. The van der Waals surface area contributed by atoms with Gasteiger partial charge < -0.3 is 9.47 Å². The van der Waals surface area contributed by atoms with Gasteiger partial charge in [-0.1, -0.05) is 61.2 Å². The molecule has 0 aliphatic rings. The Hall–Kier alpha value is -4.19. The lowest BCUT2D eigenvalue weighted by molar-refractivity contribution is -0.384. The molecule has 0 aliphatic heterocycles. The van der Waals surface area contributed by atoms with Gasteiger partial charge in [-0.2, -0.15) is 0 Å². The predicted octanol–water partition coefficient (Wildman–Crippen LogP) is 5.63. The van der Waals surface area contributed by atoms with Crippen LogP contribution in [0.1, 0.15) is 21.5 Å². The van der Waals surface area contributed by atoms with E-state index in [9.17, 15) is 14.9 Å². The van der Waals surface area contributed by atoms with Crippen LogP contribution < -0.4 is 9.47 Å². The number of carbonyl (C=O) groups excluding carboxylic acids is 1. The molecule has 0 unspecified atom stereocenters. The lowest BCUT2D eigenvalue weighted by Crippen LogP contribution is -2.03. The summed E-state index contributed by atoms with van der Waals surface area (Å²) >= 11 is 0. The Morgan fingerprint density at radius 3 is 2.55 bits per heavy atom. The molecule has 6 heteroatoms. The number of nitrogens with zero attached hydrogens (tertiary/aromatic N) is 1. The Kier molecular flexibility index (Phi) is 7.32. The van der Waals surface area contributed by atoms with Gasteiger partial charge in [0.25, 0.3) is 5.69 Å². The van der Waals surface area contributed by atoms with Crippen LogP contribution in [0.25, 0.3) is 6.08 Å². The smallest absolute Gasteiger partial charge is 0.270 e. The first-order chi connectivity index (χ1) is 15.1. The molecule has 3 rings (SSSR count). The fraction of sp³-hybridized carbons (Fsp3) is 0.0800. The first-order valence-corrected chi connectivity index (χ1v) is 9.58. The van der Waals surface area contributed by atoms with Gasteiger partial charge in [-0.3, -0.25) is 14.9 Å². The minimum Gasteiger partial charge on any atom is -0.489 e. The van der Waals surface area contributed by atoms with Crippen LogP contribution >= 0.6 is 0 Å². The molecule has 6 nitrogen and oxygen atoms in total. The molecule has 156 valence electrons. The molecule has 0 aromatic heterocycles. The third-order valence-electron chi connectivity index (χ3n) is 4.33. The topological polar surface area (TPSA) is 78.7 Å². The Bertz CT molecular complexity index is 1110. The van der Waals surface area contributed by atoms with E-state index in [0.29, 0.717) is 29.2 Å². The largest absolute Gasteiger partial charge is 0.489 e. The van der Waals surface area contributed by atoms with E-state index in [-0.39, 0.29) is 18.1 Å². The summed E-state index contributed by atoms with van der Waals surface area (Å²) in [6, 6.07) is 20.8. The number of non-ortho nitro benzene ring substituents is 1. The van der Waals surface area contributed by atoms with Gasteiger partial charge in [0.15, 0.2) is 5.78 Å². The quantitative estimate of drug-likeness (QED) is 0.141. The number of allylic oxidation sites excluding steroid dienone is 1. The molecule has 0 heterocycles. The lowest BCUT2D eigenvalue weighted by atomic mass is 10.1. The maximum absolute atomic E-state index is 12.9. The summed E-state index contributed by atoms with van der Waals surface area (Å²) in [6.45, 7) is 4.24. The lowest BCUT2D eigenvalue weighted by Gasteiger charge is -2.12. The third-order valence-corrected chi connectivity index (χ3v) is 4.33. The summed E-state index contributed by atoms with van der Waals surface area (Å²) in [4.78, 5) is 23.3. The Balaban J connectivity index is 1.81. The van der Waals surface area contributed by atoms with Crippen molar-refractivity contribution in [3.05, 3.63) is 118 Å². The molecule has 0 spiro atoms. The van der Waals surface area contributed by atoms with Crippen LogP contribution in [0.2, 0.25) is 0 Å². The number of carbonyl (C=O) groups is 1. The fourth-order valence-corrected chi connectivity index (χ4v) is 2.81. The van der Waals surface area contributed by atoms with E-state index in [2.05, 4.69) is 6.58 Å². The number of ketones is 1. The van der Waals surface area contributed by atoms with Gasteiger partial charge in [0.2, 0.25) is 0 Å². The second-order valence-electron chi connectivity index (χ2n) is 6.58. The highest BCUT2D eigenvalue weighted by molar-refractivity contribution is 6.08. The summed E-state index contributed by atoms with van der Waals surface area (Å²) in [7, 11) is 0. The van der Waals surface area contributed by atoms with E-state index in [0.717, 1.165) is 5.56 Å². The molecule has 0 saturated heterocycles. The van der Waals surface area contributed by atoms with Crippen molar-refractivity contribution in [2.45, 2.75) is 6.61 Å². The van der Waals surface area contributed by atoms with E-state index in [1.54, 1.807) is 36.4 Å². The molecule has 0 saturated carbocycles. The zero-order valence-electron chi connectivity index (χ0n) is 16.8. The zero-order chi connectivity index (χ0) is 22.1. The van der Waals surface area contributed by atoms with Gasteiger partial charge in [-0.05, 0) is 35.4 Å². The van der Waals surface area contributed by atoms with Gasteiger partial charge in [0, 0.05) is 12.1 Å². The fourth-order valence-electron chi connectivity index (χ4n) is 2.81. The van der Waals surface area contributed by atoms with Gasteiger partial charge in [-0.15, -0.1) is 0 Å². The third kappa shape index (κ3) is 6.14. The molecule has 0 bridgehead atoms. The van der Waals surface area contributed by atoms with E-state index >= 15 is 0 Å². The van der Waals surface area contributed by atoms with Crippen molar-refractivity contribution < 1.29 is 19.2 Å². The van der Waals surface area contributed by atoms with Crippen LogP contribution in [0.4, 0.5) is 5.69 Å². The maximum atomic E-state index is 12.9. The van der Waals surface area contributed by atoms with Crippen LogP contribution in [0.5, 0.6) is 11.5 Å². The highest BCUT2D eigenvalue weighted by Gasteiger charge is 2.13. The molecular formula is C25H21NO5. The van der Waals surface area contributed by atoms with Crippen LogP contribution in [0.3, 0.4) is 0 Å². The van der Waals surface area contributed by atoms with E-state index in [1.807, 2.05) is 30.3 Å². The van der Waals surface area contributed by atoms with E-state index < -0.39 is 4.92 Å². The molecule has 0 aliphatic carbocycles. The van der Waals surface area contributed by atoms with Crippen LogP contribution in [0.15, 0.2) is 91.5 Å². The Morgan fingerprint density at radius 2 is 1.81 bits per heavy atom. The summed E-state index contributed by atoms with van der Waals surface area (Å²) in [5.41, 5.74) is 1.84. The van der Waals surface area contributed by atoms with Crippen molar-refractivity contribution in [1.29, 1.82) is 0 Å². The average molecular weight is 415 g/mol. The summed E-state index contributed by atoms with van der Waals surface area (Å²) in [5, 5.41) is 10.9. The second kappa shape index (κ2) is 10.5. The average Bonchev–Trinajstić information content (AvgIpc) is 2.81. The van der Waals surface area contributed by atoms with Crippen molar-refractivity contribution >= 4 is 17.5 Å². The number of hydrogen-bond donors (Lipinski definition) is 0. The van der Waals surface area contributed by atoms with Gasteiger partial charge in [0.1, 0.15) is 24.7 Å². The highest BCUT2D eigenvalue weighted by Crippen LogP contribution is 2.26. The van der Waals surface area contributed by atoms with Crippen molar-refractivity contribution in [2.24, 2.45) is 0 Å². The van der Waals surface area contributed by atoms with Gasteiger partial charge >= 0.3 is 0 Å². The molecule has 0 radical (unpaired) electrons. The number of rotatable bonds is 10. The number of nitro groups is 1. The predicted molar refractivity (Wildman–Crippen MR) is 119 cm³/mol. The Labute approximate surface area is 180 Å². The molecule has 0 N–H and O–H groups in total. The molecule has 3 aromatic rings. The molecule has 0 atom stereocenters. The minimum absolute atomic E-state index is 0.0408. The van der Waals surface area contributed by atoms with Crippen LogP contribution in [-0.2, 0) is 6.61 Å². The van der Waals surface area contributed by atoms with Crippen LogP contribution in [-0.4, -0.2) is 17.3 Å². The number of ether oxygens (including phenoxy) is 2. The summed E-state index contributed by atoms with van der Waals surface area (Å²) in [5.74, 6) is 0.623. The maximum Gasteiger partial charge on any atom is 0.270 e. The second-order valence-corrected chi connectivity index (χ2v) is 6.58. The minimum atomic E-state index is -0.478. The summed E-state index contributed by atoms with van der Waals surface area (Å²) in [6.07, 6.45) is 4.48. The SMILES string of the molecule is C=CCOc1ccc(OCc2ccccc2)cc1C(=O)/C=C\c1cccc([N+](=O)[O-])c1. The summed E-state index contributed by atoms with van der Waals surface area (Å²) < 4.78 is 11.4. The number of hydrogen-bond acceptors (Lipinski definition) is 5. The molecule has 0 amide bonds. The number of nitro benzene ring substituents is 1. The van der Waals surface area contributed by atoms with Crippen molar-refractivity contribution in [1.82, 2.24) is 0 Å². The molecule has 3 aromatic carbocycles. The van der Waals surface area contributed by atoms with Crippen LogP contribution in [0, 0.1) is 10.1 Å². The van der Waals surface area contributed by atoms with E-state index in [1.165, 1.54) is 24.3 Å². The van der Waals surface area contributed by atoms with Crippen molar-refractivity contribution in [3.8, 4) is 11.5 Å². The highest BCUT2D eigenvalue weighted by atomic mass is 16.6. The van der Waals surface area contributed by atoms with Gasteiger partial charge in [0.05, 0.1) is 10.5 Å². The normalized spacial score (nSPS) is 10.6. The first-order valence-electron chi connectivity index (χ1n) is 9.58. The molecule has 31 heavy (non-hydrogen) atoms. The van der Waals surface area contributed by atoms with Gasteiger partial charge in [-0.25, -0.2) is 0 Å². The Morgan fingerprint density at radius 1 is 1.00 bits per heavy atom. The molecular weight excluding hydrogens is 394 g/mol. The van der Waals surface area contributed by atoms with Crippen molar-refractivity contribution in [2.75, 3.05) is 6.61 Å². The van der Waals surface area contributed by atoms with E-state index in [4.69, 9.17) is 9.47 Å². The standard InChI is InChI=1S/C25H21NO5/c1-2-15-30-25-14-12-22(31-18-20-7-4-3-5-8-20)17-23(25)24(27)13-11-19-9-6-10-21(16-19)26(28)29/h2-14,16-17H,1,15,18H2/b13-11-. The zero-order valence-corrected chi connectivity index (χ0v) is 16.8.